The van der Waals surface area contributed by atoms with Gasteiger partial charge >= 0.3 is 0 Å². The number of hydrogen-bond acceptors (Lipinski definition) is 3. The zero-order chi connectivity index (χ0) is 13.1. The molecule has 1 heterocycles. The van der Waals surface area contributed by atoms with Crippen molar-refractivity contribution in [1.82, 2.24) is 9.80 Å². The molecule has 1 amide bonds. The molecule has 0 aliphatic carbocycles. The van der Waals surface area contributed by atoms with Crippen molar-refractivity contribution in [2.45, 2.75) is 13.8 Å². The van der Waals surface area contributed by atoms with Crippen molar-refractivity contribution in [2.75, 3.05) is 38.5 Å². The highest BCUT2D eigenvalue weighted by atomic mass is 16.2. The van der Waals surface area contributed by atoms with Crippen LogP contribution in [0.4, 0.5) is 5.69 Å². The molecule has 2 N–H and O–H groups in total. The summed E-state index contributed by atoms with van der Waals surface area (Å²) in [5, 5.41) is 0. The number of amides is 1. The van der Waals surface area contributed by atoms with E-state index in [2.05, 4.69) is 11.8 Å². The topological polar surface area (TPSA) is 49.6 Å². The van der Waals surface area contributed by atoms with Gasteiger partial charge in [-0.1, -0.05) is 13.0 Å². The lowest BCUT2D eigenvalue weighted by Crippen LogP contribution is -2.48. The lowest BCUT2D eigenvalue weighted by molar-refractivity contribution is 0.0643. The predicted molar refractivity (Wildman–Crippen MR) is 73.6 cm³/mol. The minimum Gasteiger partial charge on any atom is -0.398 e. The molecule has 0 atom stereocenters. The first-order chi connectivity index (χ1) is 8.61. The summed E-state index contributed by atoms with van der Waals surface area (Å²) in [4.78, 5) is 16.6. The third-order valence-electron chi connectivity index (χ3n) is 3.63. The van der Waals surface area contributed by atoms with Crippen molar-refractivity contribution in [1.29, 1.82) is 0 Å². The summed E-state index contributed by atoms with van der Waals surface area (Å²) < 4.78 is 0. The van der Waals surface area contributed by atoms with Gasteiger partial charge in [0.2, 0.25) is 0 Å². The average molecular weight is 247 g/mol. The summed E-state index contributed by atoms with van der Waals surface area (Å²) in [5.74, 6) is 0.0949. The van der Waals surface area contributed by atoms with Gasteiger partial charge in [0.15, 0.2) is 0 Å². The Morgan fingerprint density at radius 2 is 1.94 bits per heavy atom. The molecule has 0 bridgehead atoms. The second kappa shape index (κ2) is 5.40. The first kappa shape index (κ1) is 12.9. The molecular weight excluding hydrogens is 226 g/mol. The number of piperazine rings is 1. The van der Waals surface area contributed by atoms with Gasteiger partial charge in [0.1, 0.15) is 0 Å². The van der Waals surface area contributed by atoms with Crippen LogP contribution in [0.2, 0.25) is 0 Å². The second-order valence-electron chi connectivity index (χ2n) is 4.80. The van der Waals surface area contributed by atoms with Crippen LogP contribution >= 0.6 is 0 Å². The van der Waals surface area contributed by atoms with Gasteiger partial charge in [-0.25, -0.2) is 0 Å². The molecule has 4 nitrogen and oxygen atoms in total. The maximum absolute atomic E-state index is 12.3. The number of nitrogens with two attached hydrogens (primary N) is 1. The Hall–Kier alpha value is -1.55. The van der Waals surface area contributed by atoms with E-state index in [0.717, 1.165) is 38.3 Å². The Bertz CT molecular complexity index is 437. The van der Waals surface area contributed by atoms with Gasteiger partial charge in [-0.3, -0.25) is 4.79 Å². The van der Waals surface area contributed by atoms with Crippen LogP contribution in [0.3, 0.4) is 0 Å². The monoisotopic (exact) mass is 247 g/mol. The highest BCUT2D eigenvalue weighted by Gasteiger charge is 2.21. The number of likely N-dealkylation sites (N-methyl/N-ethyl adjacent to an activating group) is 1. The van der Waals surface area contributed by atoms with E-state index >= 15 is 0 Å². The summed E-state index contributed by atoms with van der Waals surface area (Å²) in [6.45, 7) is 8.69. The van der Waals surface area contributed by atoms with Crippen LogP contribution in [0, 0.1) is 6.92 Å². The van der Waals surface area contributed by atoms with Crippen molar-refractivity contribution in [2.24, 2.45) is 0 Å². The fraction of sp³-hybridized carbons (Fsp3) is 0.500. The molecule has 1 aromatic rings. The van der Waals surface area contributed by atoms with Gasteiger partial charge in [0.25, 0.3) is 5.91 Å². The molecule has 0 unspecified atom stereocenters. The van der Waals surface area contributed by atoms with Gasteiger partial charge in [0.05, 0.1) is 0 Å². The third kappa shape index (κ3) is 2.64. The van der Waals surface area contributed by atoms with E-state index in [4.69, 9.17) is 5.73 Å². The molecule has 1 aliphatic heterocycles. The van der Waals surface area contributed by atoms with Gasteiger partial charge < -0.3 is 15.5 Å². The number of carbonyl (C=O) groups is 1. The molecule has 1 saturated heterocycles. The number of nitrogen functional groups attached to an aromatic ring is 1. The number of carbonyl (C=O) groups excluding carboxylic acids is 1. The van der Waals surface area contributed by atoms with Crippen molar-refractivity contribution in [3.05, 3.63) is 29.3 Å². The van der Waals surface area contributed by atoms with Gasteiger partial charge in [-0.05, 0) is 31.2 Å². The zero-order valence-corrected chi connectivity index (χ0v) is 11.1. The third-order valence-corrected chi connectivity index (χ3v) is 3.63. The van der Waals surface area contributed by atoms with Crippen molar-refractivity contribution in [3.63, 3.8) is 0 Å². The largest absolute Gasteiger partial charge is 0.398 e. The first-order valence-electron chi connectivity index (χ1n) is 6.49. The summed E-state index contributed by atoms with van der Waals surface area (Å²) in [5.41, 5.74) is 8.25. The Morgan fingerprint density at radius 3 is 2.50 bits per heavy atom. The molecular formula is C14H21N3O. The Balaban J connectivity index is 2.05. The molecule has 1 fully saturated rings. The number of anilines is 1. The highest BCUT2D eigenvalue weighted by molar-refractivity contribution is 5.95. The van der Waals surface area contributed by atoms with Crippen LogP contribution < -0.4 is 5.73 Å². The van der Waals surface area contributed by atoms with E-state index in [1.807, 2.05) is 24.0 Å². The maximum atomic E-state index is 12.3. The Labute approximate surface area is 108 Å². The highest BCUT2D eigenvalue weighted by Crippen LogP contribution is 2.15. The van der Waals surface area contributed by atoms with E-state index in [-0.39, 0.29) is 5.91 Å². The lowest BCUT2D eigenvalue weighted by atomic mass is 10.1. The Kier molecular flexibility index (Phi) is 3.87. The number of aryl methyl sites for hydroxylation is 1. The molecule has 0 aromatic heterocycles. The van der Waals surface area contributed by atoms with E-state index in [0.29, 0.717) is 11.3 Å². The molecule has 0 saturated carbocycles. The molecule has 4 heteroatoms. The smallest absolute Gasteiger partial charge is 0.254 e. The van der Waals surface area contributed by atoms with E-state index < -0.39 is 0 Å². The van der Waals surface area contributed by atoms with E-state index in [1.54, 1.807) is 6.07 Å². The fourth-order valence-electron chi connectivity index (χ4n) is 2.22. The average Bonchev–Trinajstić information content (AvgIpc) is 2.41. The molecule has 0 spiro atoms. The van der Waals surface area contributed by atoms with Crippen LogP contribution in [0.1, 0.15) is 22.8 Å². The summed E-state index contributed by atoms with van der Waals surface area (Å²) >= 11 is 0. The predicted octanol–water partition coefficient (Wildman–Crippen LogP) is 1.35. The van der Waals surface area contributed by atoms with Crippen molar-refractivity contribution >= 4 is 11.6 Å². The minimum absolute atomic E-state index is 0.0949. The van der Waals surface area contributed by atoms with Gasteiger partial charge in [-0.15, -0.1) is 0 Å². The standard InChI is InChI=1S/C14H21N3O/c1-3-16-6-8-17(9-7-16)14(18)12-5-4-11(2)13(15)10-12/h4-5,10H,3,6-9,15H2,1-2H3. The Morgan fingerprint density at radius 1 is 1.28 bits per heavy atom. The fourth-order valence-corrected chi connectivity index (χ4v) is 2.22. The van der Waals surface area contributed by atoms with Crippen LogP contribution in [-0.4, -0.2) is 48.4 Å². The lowest BCUT2D eigenvalue weighted by Gasteiger charge is -2.34. The summed E-state index contributed by atoms with van der Waals surface area (Å²) in [7, 11) is 0. The molecule has 1 aliphatic rings. The first-order valence-corrected chi connectivity index (χ1v) is 6.49. The van der Waals surface area contributed by atoms with Crippen LogP contribution in [0.25, 0.3) is 0 Å². The zero-order valence-electron chi connectivity index (χ0n) is 11.1. The molecule has 18 heavy (non-hydrogen) atoms. The summed E-state index contributed by atoms with van der Waals surface area (Å²) in [6.07, 6.45) is 0. The normalized spacial score (nSPS) is 16.9. The van der Waals surface area contributed by atoms with Crippen molar-refractivity contribution in [3.8, 4) is 0 Å². The summed E-state index contributed by atoms with van der Waals surface area (Å²) in [6, 6.07) is 5.55. The van der Waals surface area contributed by atoms with Crippen LogP contribution in [0.5, 0.6) is 0 Å². The van der Waals surface area contributed by atoms with Crippen LogP contribution in [-0.2, 0) is 0 Å². The molecule has 1 aromatic carbocycles. The SMILES string of the molecule is CCN1CCN(C(=O)c2ccc(C)c(N)c2)CC1. The number of rotatable bonds is 2. The van der Waals surface area contributed by atoms with E-state index in [9.17, 15) is 4.79 Å². The van der Waals surface area contributed by atoms with Crippen LogP contribution in [0.15, 0.2) is 18.2 Å². The van der Waals surface area contributed by atoms with Gasteiger partial charge in [-0.2, -0.15) is 0 Å². The number of nitrogens with zero attached hydrogens (tertiary/aromatic N) is 2. The minimum atomic E-state index is 0.0949. The van der Waals surface area contributed by atoms with Crippen molar-refractivity contribution < 1.29 is 4.79 Å². The van der Waals surface area contributed by atoms with Gasteiger partial charge in [0, 0.05) is 37.4 Å². The maximum Gasteiger partial charge on any atom is 0.254 e. The quantitative estimate of drug-likeness (QED) is 0.803. The number of benzene rings is 1. The molecule has 0 radical (unpaired) electrons. The number of hydrogen-bond donors (Lipinski definition) is 1. The molecule has 98 valence electrons. The van der Waals surface area contributed by atoms with E-state index in [1.165, 1.54) is 0 Å². The molecule has 2 rings (SSSR count). The second-order valence-corrected chi connectivity index (χ2v) is 4.80.